The fraction of sp³-hybridized carbons (Fsp3) is 0.421. The van der Waals surface area contributed by atoms with Crippen LogP contribution in [-0.2, 0) is 9.53 Å². The van der Waals surface area contributed by atoms with Gasteiger partial charge in [-0.2, -0.15) is 5.10 Å². The molecule has 7 nitrogen and oxygen atoms in total. The molecule has 7 heteroatoms. The van der Waals surface area contributed by atoms with Crippen LogP contribution in [0.25, 0.3) is 11.3 Å². The van der Waals surface area contributed by atoms with Crippen LogP contribution in [0.3, 0.4) is 0 Å². The molecule has 1 saturated carbocycles. The zero-order valence-electron chi connectivity index (χ0n) is 14.6. The van der Waals surface area contributed by atoms with Crippen molar-refractivity contribution in [3.05, 3.63) is 42.1 Å². The standard InChI is InChI=1S/C19H23N3O4/c23-17(24)13-26-11-10-20-19(25)16-12-21-22(15-8-4-5-9-15)18(16)14-6-2-1-3-7-14/h1-3,6-7,12,15H,4-5,8-11,13H2,(H,20,25)(H,23,24). The lowest BCUT2D eigenvalue weighted by Gasteiger charge is -2.15. The molecule has 138 valence electrons. The van der Waals surface area contributed by atoms with Crippen molar-refractivity contribution in [2.75, 3.05) is 19.8 Å². The lowest BCUT2D eigenvalue weighted by Crippen LogP contribution is -2.28. The van der Waals surface area contributed by atoms with Crippen LogP contribution in [0.2, 0.25) is 0 Å². The first-order chi connectivity index (χ1) is 12.7. The summed E-state index contributed by atoms with van der Waals surface area (Å²) in [5.74, 6) is -1.26. The quantitative estimate of drug-likeness (QED) is 0.708. The van der Waals surface area contributed by atoms with Crippen molar-refractivity contribution in [2.45, 2.75) is 31.7 Å². The van der Waals surface area contributed by atoms with Gasteiger partial charge >= 0.3 is 5.97 Å². The summed E-state index contributed by atoms with van der Waals surface area (Å²) in [7, 11) is 0. The number of aromatic nitrogens is 2. The number of carboxylic acids is 1. The highest BCUT2D eigenvalue weighted by Crippen LogP contribution is 2.34. The molecule has 1 aliphatic rings. The van der Waals surface area contributed by atoms with Gasteiger partial charge < -0.3 is 15.2 Å². The Morgan fingerprint density at radius 2 is 1.96 bits per heavy atom. The monoisotopic (exact) mass is 357 g/mol. The molecule has 1 fully saturated rings. The zero-order chi connectivity index (χ0) is 18.4. The molecule has 1 aliphatic carbocycles. The van der Waals surface area contributed by atoms with Gasteiger partial charge in [-0.05, 0) is 12.8 Å². The maximum absolute atomic E-state index is 12.6. The lowest BCUT2D eigenvalue weighted by molar-refractivity contribution is -0.142. The summed E-state index contributed by atoms with van der Waals surface area (Å²) < 4.78 is 6.93. The van der Waals surface area contributed by atoms with Gasteiger partial charge in [-0.3, -0.25) is 9.48 Å². The van der Waals surface area contributed by atoms with Crippen molar-refractivity contribution in [2.24, 2.45) is 0 Å². The minimum Gasteiger partial charge on any atom is -0.480 e. The molecular weight excluding hydrogens is 334 g/mol. The zero-order valence-corrected chi connectivity index (χ0v) is 14.6. The average molecular weight is 357 g/mol. The number of nitrogens with zero attached hydrogens (tertiary/aromatic N) is 2. The van der Waals surface area contributed by atoms with Gasteiger partial charge in [0.1, 0.15) is 6.61 Å². The van der Waals surface area contributed by atoms with Gasteiger partial charge in [-0.25, -0.2) is 4.79 Å². The van der Waals surface area contributed by atoms with Crippen LogP contribution in [0.4, 0.5) is 0 Å². The fourth-order valence-electron chi connectivity index (χ4n) is 3.33. The molecule has 2 aromatic rings. The summed E-state index contributed by atoms with van der Waals surface area (Å²) >= 11 is 0. The molecule has 0 unspecified atom stereocenters. The molecule has 1 aromatic carbocycles. The van der Waals surface area contributed by atoms with E-state index in [9.17, 15) is 9.59 Å². The van der Waals surface area contributed by atoms with E-state index in [4.69, 9.17) is 9.84 Å². The summed E-state index contributed by atoms with van der Waals surface area (Å²) in [5, 5.41) is 15.8. The average Bonchev–Trinajstić information content (AvgIpc) is 3.31. The van der Waals surface area contributed by atoms with E-state index in [0.717, 1.165) is 24.1 Å². The molecule has 2 N–H and O–H groups in total. The Hall–Kier alpha value is -2.67. The third-order valence-corrected chi connectivity index (χ3v) is 4.52. The molecule has 0 spiro atoms. The van der Waals surface area contributed by atoms with Crippen LogP contribution in [-0.4, -0.2) is 46.5 Å². The van der Waals surface area contributed by atoms with Gasteiger partial charge in [-0.15, -0.1) is 0 Å². The third-order valence-electron chi connectivity index (χ3n) is 4.52. The lowest BCUT2D eigenvalue weighted by atomic mass is 10.1. The van der Waals surface area contributed by atoms with Crippen molar-refractivity contribution in [1.29, 1.82) is 0 Å². The Morgan fingerprint density at radius 3 is 2.65 bits per heavy atom. The molecule has 26 heavy (non-hydrogen) atoms. The van der Waals surface area contributed by atoms with E-state index < -0.39 is 5.97 Å². The Bertz CT molecular complexity index is 751. The highest BCUT2D eigenvalue weighted by molar-refractivity contribution is 5.99. The highest BCUT2D eigenvalue weighted by atomic mass is 16.5. The van der Waals surface area contributed by atoms with Crippen molar-refractivity contribution >= 4 is 11.9 Å². The second-order valence-corrected chi connectivity index (χ2v) is 6.36. The number of benzene rings is 1. The number of amides is 1. The number of hydrogen-bond acceptors (Lipinski definition) is 4. The number of aliphatic carboxylic acids is 1. The van der Waals surface area contributed by atoms with Gasteiger partial charge in [0.2, 0.25) is 0 Å². The Balaban J connectivity index is 1.76. The van der Waals surface area contributed by atoms with Crippen molar-refractivity contribution in [3.8, 4) is 11.3 Å². The van der Waals surface area contributed by atoms with Crippen LogP contribution in [0, 0.1) is 0 Å². The first-order valence-corrected chi connectivity index (χ1v) is 8.87. The molecule has 0 atom stereocenters. The number of carbonyl (C=O) groups excluding carboxylic acids is 1. The van der Waals surface area contributed by atoms with E-state index in [-0.39, 0.29) is 25.7 Å². The van der Waals surface area contributed by atoms with E-state index in [2.05, 4.69) is 10.4 Å². The predicted octanol–water partition coefficient (Wildman–Crippen LogP) is 2.50. The summed E-state index contributed by atoms with van der Waals surface area (Å²) in [6.07, 6.45) is 6.13. The Kier molecular flexibility index (Phi) is 6.01. The molecule has 3 rings (SSSR count). The summed E-state index contributed by atoms with van der Waals surface area (Å²) in [4.78, 5) is 23.1. The van der Waals surface area contributed by atoms with Crippen molar-refractivity contribution in [3.63, 3.8) is 0 Å². The van der Waals surface area contributed by atoms with E-state index in [1.54, 1.807) is 6.20 Å². The smallest absolute Gasteiger partial charge is 0.329 e. The van der Waals surface area contributed by atoms with Crippen molar-refractivity contribution in [1.82, 2.24) is 15.1 Å². The largest absolute Gasteiger partial charge is 0.480 e. The van der Waals surface area contributed by atoms with Crippen molar-refractivity contribution < 1.29 is 19.4 Å². The van der Waals surface area contributed by atoms with Crippen LogP contribution in [0.5, 0.6) is 0 Å². The van der Waals surface area contributed by atoms with Gasteiger partial charge in [0.05, 0.1) is 30.1 Å². The molecule has 0 radical (unpaired) electrons. The predicted molar refractivity (Wildman–Crippen MR) is 96.0 cm³/mol. The van der Waals surface area contributed by atoms with E-state index in [1.807, 2.05) is 35.0 Å². The molecule has 0 saturated heterocycles. The normalized spacial score (nSPS) is 14.5. The number of carboxylic acid groups (broad SMARTS) is 1. The third kappa shape index (κ3) is 4.29. The topological polar surface area (TPSA) is 93.4 Å². The molecular formula is C19H23N3O4. The first kappa shape index (κ1) is 18.1. The molecule has 0 aliphatic heterocycles. The van der Waals surface area contributed by atoms with Gasteiger partial charge in [-0.1, -0.05) is 43.2 Å². The van der Waals surface area contributed by atoms with E-state index in [0.29, 0.717) is 11.6 Å². The minimum absolute atomic E-state index is 0.148. The van der Waals surface area contributed by atoms with E-state index in [1.165, 1.54) is 12.8 Å². The van der Waals surface area contributed by atoms with Gasteiger partial charge in [0.25, 0.3) is 5.91 Å². The Labute approximate surface area is 152 Å². The van der Waals surface area contributed by atoms with Crippen LogP contribution in [0.1, 0.15) is 42.1 Å². The van der Waals surface area contributed by atoms with Gasteiger partial charge in [0, 0.05) is 12.1 Å². The minimum atomic E-state index is -1.03. The second-order valence-electron chi connectivity index (χ2n) is 6.36. The number of carbonyl (C=O) groups is 2. The summed E-state index contributed by atoms with van der Waals surface area (Å²) in [6.45, 7) is 0.0230. The van der Waals surface area contributed by atoms with E-state index >= 15 is 0 Å². The number of nitrogens with one attached hydrogen (secondary N) is 1. The van der Waals surface area contributed by atoms with Crippen LogP contribution in [0.15, 0.2) is 36.5 Å². The number of hydrogen-bond donors (Lipinski definition) is 2. The SMILES string of the molecule is O=C(O)COCCNC(=O)c1cnn(C2CCCC2)c1-c1ccccc1. The number of ether oxygens (including phenoxy) is 1. The molecule has 1 aromatic heterocycles. The molecule has 1 heterocycles. The number of rotatable bonds is 8. The fourth-order valence-corrected chi connectivity index (χ4v) is 3.33. The highest BCUT2D eigenvalue weighted by Gasteiger charge is 2.25. The van der Waals surface area contributed by atoms with Crippen LogP contribution >= 0.6 is 0 Å². The Morgan fingerprint density at radius 1 is 1.23 bits per heavy atom. The first-order valence-electron chi connectivity index (χ1n) is 8.87. The molecule has 0 bridgehead atoms. The summed E-state index contributed by atoms with van der Waals surface area (Å²) in [5.41, 5.74) is 2.33. The summed E-state index contributed by atoms with van der Waals surface area (Å²) in [6, 6.07) is 10.1. The van der Waals surface area contributed by atoms with Crippen LogP contribution < -0.4 is 5.32 Å². The van der Waals surface area contributed by atoms with Gasteiger partial charge in [0.15, 0.2) is 0 Å². The second kappa shape index (κ2) is 8.62. The molecule has 1 amide bonds. The maximum Gasteiger partial charge on any atom is 0.329 e. The maximum atomic E-state index is 12.6.